The molecule has 1 unspecified atom stereocenters. The molecule has 3 N–H and O–H groups in total. The molecule has 4 heteroatoms. The average molecular weight is 248 g/mol. The van der Waals surface area contributed by atoms with Crippen molar-refractivity contribution in [3.8, 4) is 0 Å². The number of anilines is 2. The Morgan fingerprint density at radius 2 is 1.94 bits per heavy atom. The molecule has 1 heterocycles. The van der Waals surface area contributed by atoms with E-state index in [0.29, 0.717) is 10.7 Å². The molecule has 0 aliphatic rings. The molecule has 0 amide bonds. The van der Waals surface area contributed by atoms with Crippen molar-refractivity contribution < 1.29 is 0 Å². The van der Waals surface area contributed by atoms with E-state index in [4.69, 9.17) is 17.3 Å². The third-order valence-corrected chi connectivity index (χ3v) is 2.83. The van der Waals surface area contributed by atoms with Gasteiger partial charge < -0.3 is 11.1 Å². The van der Waals surface area contributed by atoms with Gasteiger partial charge in [0.2, 0.25) is 0 Å². The molecule has 0 aliphatic heterocycles. The van der Waals surface area contributed by atoms with Crippen molar-refractivity contribution in [3.63, 3.8) is 0 Å². The zero-order valence-electron chi connectivity index (χ0n) is 9.52. The molecule has 0 bridgehead atoms. The summed E-state index contributed by atoms with van der Waals surface area (Å²) < 4.78 is 0. The Hall–Kier alpha value is -1.74. The summed E-state index contributed by atoms with van der Waals surface area (Å²) in [5.74, 6) is 0. The summed E-state index contributed by atoms with van der Waals surface area (Å²) in [6, 6.07) is 9.56. The van der Waals surface area contributed by atoms with Gasteiger partial charge in [0.15, 0.2) is 0 Å². The molecule has 88 valence electrons. The molecule has 2 rings (SSSR count). The van der Waals surface area contributed by atoms with Crippen LogP contribution in [0.25, 0.3) is 0 Å². The van der Waals surface area contributed by atoms with Crippen LogP contribution in [-0.2, 0) is 0 Å². The van der Waals surface area contributed by atoms with Crippen LogP contribution in [0.4, 0.5) is 11.4 Å². The summed E-state index contributed by atoms with van der Waals surface area (Å²) in [6.45, 7) is 2.07. The standard InChI is InChI=1S/C13H14ClN3/c1-9(10-4-6-16-7-5-10)17-13-3-2-11(14)8-12(13)15/h2-9,17H,15H2,1H3. The molecule has 3 nitrogen and oxygen atoms in total. The largest absolute Gasteiger partial charge is 0.397 e. The van der Waals surface area contributed by atoms with Gasteiger partial charge in [-0.05, 0) is 42.8 Å². The van der Waals surface area contributed by atoms with Crippen molar-refractivity contribution in [1.29, 1.82) is 0 Å². The van der Waals surface area contributed by atoms with E-state index >= 15 is 0 Å². The molecule has 17 heavy (non-hydrogen) atoms. The number of nitrogens with two attached hydrogens (primary N) is 1. The molecular formula is C13H14ClN3. The van der Waals surface area contributed by atoms with E-state index < -0.39 is 0 Å². The molecule has 0 saturated carbocycles. The number of nitrogens with one attached hydrogen (secondary N) is 1. The summed E-state index contributed by atoms with van der Waals surface area (Å²) in [6.07, 6.45) is 3.55. The summed E-state index contributed by atoms with van der Waals surface area (Å²) >= 11 is 5.85. The highest BCUT2D eigenvalue weighted by atomic mass is 35.5. The van der Waals surface area contributed by atoms with Crippen LogP contribution in [0.1, 0.15) is 18.5 Å². The van der Waals surface area contributed by atoms with Gasteiger partial charge in [-0.15, -0.1) is 0 Å². The van der Waals surface area contributed by atoms with Crippen molar-refractivity contribution in [3.05, 3.63) is 53.3 Å². The maximum atomic E-state index is 5.89. The fourth-order valence-electron chi connectivity index (χ4n) is 1.63. The summed E-state index contributed by atoms with van der Waals surface area (Å²) in [7, 11) is 0. The Balaban J connectivity index is 2.16. The van der Waals surface area contributed by atoms with Crippen molar-refractivity contribution >= 4 is 23.0 Å². The minimum atomic E-state index is 0.168. The van der Waals surface area contributed by atoms with Gasteiger partial charge in [0, 0.05) is 23.5 Å². The first-order valence-electron chi connectivity index (χ1n) is 5.38. The van der Waals surface area contributed by atoms with Gasteiger partial charge >= 0.3 is 0 Å². The molecule has 0 aliphatic carbocycles. The van der Waals surface area contributed by atoms with Crippen LogP contribution in [0.15, 0.2) is 42.7 Å². The Labute approximate surface area is 106 Å². The third-order valence-electron chi connectivity index (χ3n) is 2.59. The van der Waals surface area contributed by atoms with Gasteiger partial charge in [0.25, 0.3) is 0 Å². The first kappa shape index (κ1) is 11.7. The Kier molecular flexibility index (Phi) is 3.49. The maximum Gasteiger partial charge on any atom is 0.0579 e. The number of rotatable bonds is 3. The number of pyridine rings is 1. The second-order valence-electron chi connectivity index (χ2n) is 3.88. The molecule has 1 aromatic heterocycles. The molecule has 1 atom stereocenters. The number of halogens is 1. The van der Waals surface area contributed by atoms with Gasteiger partial charge in [-0.25, -0.2) is 0 Å². The highest BCUT2D eigenvalue weighted by molar-refractivity contribution is 6.31. The normalized spacial score (nSPS) is 12.1. The van der Waals surface area contributed by atoms with E-state index in [1.807, 2.05) is 24.3 Å². The first-order valence-corrected chi connectivity index (χ1v) is 5.76. The van der Waals surface area contributed by atoms with Crippen LogP contribution >= 0.6 is 11.6 Å². The monoisotopic (exact) mass is 247 g/mol. The number of nitrogen functional groups attached to an aromatic ring is 1. The van der Waals surface area contributed by atoms with E-state index in [1.54, 1.807) is 18.5 Å². The molecule has 0 radical (unpaired) electrons. The molecule has 0 spiro atoms. The van der Waals surface area contributed by atoms with Crippen molar-refractivity contribution in [2.24, 2.45) is 0 Å². The van der Waals surface area contributed by atoms with E-state index in [1.165, 1.54) is 0 Å². The van der Waals surface area contributed by atoms with Crippen molar-refractivity contribution in [2.45, 2.75) is 13.0 Å². The molecule has 0 saturated heterocycles. The minimum absolute atomic E-state index is 0.168. The lowest BCUT2D eigenvalue weighted by Gasteiger charge is -2.17. The Morgan fingerprint density at radius 1 is 1.24 bits per heavy atom. The van der Waals surface area contributed by atoms with Crippen LogP contribution < -0.4 is 11.1 Å². The van der Waals surface area contributed by atoms with Crippen LogP contribution in [0.5, 0.6) is 0 Å². The lowest BCUT2D eigenvalue weighted by Crippen LogP contribution is -2.08. The lowest BCUT2D eigenvalue weighted by molar-refractivity contribution is 0.881. The number of nitrogens with zero attached hydrogens (tertiary/aromatic N) is 1. The molecule has 1 aromatic carbocycles. The van der Waals surface area contributed by atoms with Gasteiger partial charge in [-0.3, -0.25) is 4.98 Å². The molecular weight excluding hydrogens is 234 g/mol. The summed E-state index contributed by atoms with van der Waals surface area (Å²) in [5, 5.41) is 3.99. The first-order chi connectivity index (χ1) is 8.16. The van der Waals surface area contributed by atoms with Crippen molar-refractivity contribution in [1.82, 2.24) is 4.98 Å². The quantitative estimate of drug-likeness (QED) is 0.817. The highest BCUT2D eigenvalue weighted by Gasteiger charge is 2.06. The molecule has 2 aromatic rings. The van der Waals surface area contributed by atoms with Crippen LogP contribution in [0.2, 0.25) is 5.02 Å². The van der Waals surface area contributed by atoms with Crippen LogP contribution in [0, 0.1) is 0 Å². The lowest BCUT2D eigenvalue weighted by atomic mass is 10.1. The number of aromatic nitrogens is 1. The summed E-state index contributed by atoms with van der Waals surface area (Å²) in [5.41, 5.74) is 8.59. The maximum absolute atomic E-state index is 5.89. The van der Waals surface area contributed by atoms with E-state index in [-0.39, 0.29) is 6.04 Å². The van der Waals surface area contributed by atoms with E-state index in [9.17, 15) is 0 Å². The smallest absolute Gasteiger partial charge is 0.0579 e. The Bertz CT molecular complexity index is 499. The SMILES string of the molecule is CC(Nc1ccc(Cl)cc1N)c1ccncc1. The number of hydrogen-bond acceptors (Lipinski definition) is 3. The van der Waals surface area contributed by atoms with Gasteiger partial charge in [-0.2, -0.15) is 0 Å². The zero-order valence-corrected chi connectivity index (χ0v) is 10.3. The van der Waals surface area contributed by atoms with Gasteiger partial charge in [-0.1, -0.05) is 11.6 Å². The van der Waals surface area contributed by atoms with Gasteiger partial charge in [0.1, 0.15) is 0 Å². The second kappa shape index (κ2) is 5.06. The average Bonchev–Trinajstić information content (AvgIpc) is 2.34. The third kappa shape index (κ3) is 2.88. The molecule has 0 fully saturated rings. The highest BCUT2D eigenvalue weighted by Crippen LogP contribution is 2.26. The summed E-state index contributed by atoms with van der Waals surface area (Å²) in [4.78, 5) is 3.99. The topological polar surface area (TPSA) is 50.9 Å². The predicted octanol–water partition coefficient (Wildman–Crippen LogP) is 3.49. The number of hydrogen-bond donors (Lipinski definition) is 2. The predicted molar refractivity (Wildman–Crippen MR) is 72.1 cm³/mol. The fraction of sp³-hybridized carbons (Fsp3) is 0.154. The Morgan fingerprint density at radius 3 is 2.59 bits per heavy atom. The number of benzene rings is 1. The minimum Gasteiger partial charge on any atom is -0.397 e. The van der Waals surface area contributed by atoms with Gasteiger partial charge in [0.05, 0.1) is 11.4 Å². The van der Waals surface area contributed by atoms with Crippen molar-refractivity contribution in [2.75, 3.05) is 11.1 Å². The van der Waals surface area contributed by atoms with Crippen LogP contribution in [-0.4, -0.2) is 4.98 Å². The zero-order chi connectivity index (χ0) is 12.3. The van der Waals surface area contributed by atoms with Crippen LogP contribution in [0.3, 0.4) is 0 Å². The van der Waals surface area contributed by atoms with E-state index in [2.05, 4.69) is 17.2 Å². The second-order valence-corrected chi connectivity index (χ2v) is 4.31. The fourth-order valence-corrected chi connectivity index (χ4v) is 1.81. The van der Waals surface area contributed by atoms with E-state index in [0.717, 1.165) is 11.3 Å².